The average Bonchev–Trinajstić information content (AvgIpc) is 2.48. The number of halogens is 2. The third-order valence-electron chi connectivity index (χ3n) is 3.88. The van der Waals surface area contributed by atoms with E-state index < -0.39 is 11.6 Å². The highest BCUT2D eigenvalue weighted by Gasteiger charge is 2.18. The van der Waals surface area contributed by atoms with Gasteiger partial charge < -0.3 is 9.64 Å². The van der Waals surface area contributed by atoms with Crippen LogP contribution < -0.4 is 0 Å². The molecule has 5 heteroatoms. The molecule has 1 aromatic carbocycles. The number of hydrogen-bond donors (Lipinski definition) is 0. The van der Waals surface area contributed by atoms with Crippen molar-refractivity contribution in [2.45, 2.75) is 19.3 Å². The van der Waals surface area contributed by atoms with Crippen LogP contribution in [0.25, 0.3) is 0 Å². The number of benzene rings is 1. The van der Waals surface area contributed by atoms with E-state index in [1.54, 1.807) is 0 Å². The summed E-state index contributed by atoms with van der Waals surface area (Å²) in [6, 6.07) is 3.71. The van der Waals surface area contributed by atoms with Crippen LogP contribution in [0.1, 0.15) is 29.6 Å². The second kappa shape index (κ2) is 7.61. The van der Waals surface area contributed by atoms with Gasteiger partial charge >= 0.3 is 0 Å². The van der Waals surface area contributed by atoms with Crippen LogP contribution >= 0.6 is 0 Å². The van der Waals surface area contributed by atoms with Crippen molar-refractivity contribution in [3.05, 3.63) is 35.4 Å². The Kier molecular flexibility index (Phi) is 5.82. The molecule has 0 atom stereocenters. The maximum absolute atomic E-state index is 13.5. The molecule has 0 spiro atoms. The van der Waals surface area contributed by atoms with Crippen LogP contribution in [0.3, 0.4) is 0 Å². The second-order valence-corrected chi connectivity index (χ2v) is 5.59. The van der Waals surface area contributed by atoms with E-state index in [1.807, 2.05) is 7.05 Å². The SMILES string of the molecule is CN(CCC(=O)c1cccc(F)c1F)CC1CCOCC1. The minimum absolute atomic E-state index is 0.158. The first-order chi connectivity index (χ1) is 10.1. The standard InChI is InChI=1S/C16H21F2NO2/c1-19(11-12-6-9-21-10-7-12)8-5-15(20)13-3-2-4-14(17)16(13)18/h2-4,12H,5-11H2,1H3. The predicted octanol–water partition coefficient (Wildman–Crippen LogP) is 2.90. The summed E-state index contributed by atoms with van der Waals surface area (Å²) >= 11 is 0. The Balaban J connectivity index is 1.81. The smallest absolute Gasteiger partial charge is 0.169 e. The van der Waals surface area contributed by atoms with Gasteiger partial charge in [0.25, 0.3) is 0 Å². The van der Waals surface area contributed by atoms with Crippen LogP contribution in [0.15, 0.2) is 18.2 Å². The zero-order valence-corrected chi connectivity index (χ0v) is 12.3. The van der Waals surface area contributed by atoms with Crippen LogP contribution in [-0.4, -0.2) is 44.0 Å². The lowest BCUT2D eigenvalue weighted by molar-refractivity contribution is 0.0552. The molecule has 0 unspecified atom stereocenters. The van der Waals surface area contributed by atoms with Gasteiger partial charge in [0, 0.05) is 32.7 Å². The minimum atomic E-state index is -1.05. The van der Waals surface area contributed by atoms with E-state index in [2.05, 4.69) is 4.90 Å². The van der Waals surface area contributed by atoms with Crippen LogP contribution in [0.4, 0.5) is 8.78 Å². The highest BCUT2D eigenvalue weighted by molar-refractivity contribution is 5.96. The van der Waals surface area contributed by atoms with Gasteiger partial charge in [-0.25, -0.2) is 8.78 Å². The van der Waals surface area contributed by atoms with Crippen molar-refractivity contribution in [2.24, 2.45) is 5.92 Å². The van der Waals surface area contributed by atoms with Gasteiger partial charge in [-0.1, -0.05) is 6.07 Å². The Morgan fingerprint density at radius 1 is 1.33 bits per heavy atom. The summed E-state index contributed by atoms with van der Waals surface area (Å²) in [5, 5.41) is 0. The number of rotatable bonds is 6. The zero-order valence-electron chi connectivity index (χ0n) is 12.3. The van der Waals surface area contributed by atoms with Crippen molar-refractivity contribution in [2.75, 3.05) is 33.4 Å². The Bertz CT molecular complexity index is 487. The fraction of sp³-hybridized carbons (Fsp3) is 0.562. The van der Waals surface area contributed by atoms with Gasteiger partial charge in [0.2, 0.25) is 0 Å². The van der Waals surface area contributed by atoms with Gasteiger partial charge in [-0.2, -0.15) is 0 Å². The molecule has 2 rings (SSSR count). The summed E-state index contributed by atoms with van der Waals surface area (Å²) in [6.07, 6.45) is 2.27. The predicted molar refractivity (Wildman–Crippen MR) is 76.3 cm³/mol. The molecule has 116 valence electrons. The van der Waals surface area contributed by atoms with E-state index in [0.29, 0.717) is 12.5 Å². The number of ether oxygens (including phenoxy) is 1. The Labute approximate surface area is 123 Å². The van der Waals surface area contributed by atoms with E-state index in [4.69, 9.17) is 4.74 Å². The lowest BCUT2D eigenvalue weighted by Crippen LogP contribution is -2.31. The maximum atomic E-state index is 13.5. The quantitative estimate of drug-likeness (QED) is 0.756. The first kappa shape index (κ1) is 16.0. The molecule has 1 aromatic rings. The molecule has 0 radical (unpaired) electrons. The maximum Gasteiger partial charge on any atom is 0.169 e. The van der Waals surface area contributed by atoms with E-state index in [0.717, 1.165) is 38.7 Å². The van der Waals surface area contributed by atoms with Crippen LogP contribution in [0, 0.1) is 17.6 Å². The van der Waals surface area contributed by atoms with E-state index in [1.165, 1.54) is 12.1 Å². The molecule has 0 N–H and O–H groups in total. The molecule has 0 amide bonds. The first-order valence-corrected chi connectivity index (χ1v) is 7.31. The van der Waals surface area contributed by atoms with Crippen molar-refractivity contribution >= 4 is 5.78 Å². The summed E-state index contributed by atoms with van der Waals surface area (Å²) in [6.45, 7) is 3.05. The molecule has 1 heterocycles. The molecule has 1 aliphatic rings. The molecular weight excluding hydrogens is 276 g/mol. The molecule has 1 fully saturated rings. The summed E-state index contributed by atoms with van der Waals surface area (Å²) in [5.41, 5.74) is -0.158. The minimum Gasteiger partial charge on any atom is -0.381 e. The fourth-order valence-corrected chi connectivity index (χ4v) is 2.61. The van der Waals surface area contributed by atoms with Crippen molar-refractivity contribution in [1.29, 1.82) is 0 Å². The van der Waals surface area contributed by atoms with Crippen LogP contribution in [0.2, 0.25) is 0 Å². The van der Waals surface area contributed by atoms with Gasteiger partial charge in [-0.15, -0.1) is 0 Å². The monoisotopic (exact) mass is 297 g/mol. The third-order valence-corrected chi connectivity index (χ3v) is 3.88. The number of hydrogen-bond acceptors (Lipinski definition) is 3. The topological polar surface area (TPSA) is 29.5 Å². The third kappa shape index (κ3) is 4.58. The van der Waals surface area contributed by atoms with Gasteiger partial charge in [-0.05, 0) is 37.9 Å². The van der Waals surface area contributed by atoms with Crippen molar-refractivity contribution in [1.82, 2.24) is 4.90 Å². The molecule has 21 heavy (non-hydrogen) atoms. The number of nitrogens with zero attached hydrogens (tertiary/aromatic N) is 1. The molecule has 0 saturated carbocycles. The average molecular weight is 297 g/mol. The fourth-order valence-electron chi connectivity index (χ4n) is 2.61. The molecular formula is C16H21F2NO2. The Morgan fingerprint density at radius 2 is 2.05 bits per heavy atom. The van der Waals surface area contributed by atoms with E-state index in [9.17, 15) is 13.6 Å². The number of carbonyl (C=O) groups excluding carboxylic acids is 1. The Hall–Kier alpha value is -1.33. The lowest BCUT2D eigenvalue weighted by atomic mass is 9.99. The highest BCUT2D eigenvalue weighted by atomic mass is 19.2. The van der Waals surface area contributed by atoms with Crippen LogP contribution in [0.5, 0.6) is 0 Å². The normalized spacial score (nSPS) is 16.4. The van der Waals surface area contributed by atoms with E-state index in [-0.39, 0.29) is 17.8 Å². The summed E-state index contributed by atoms with van der Waals surface area (Å²) < 4.78 is 31.9. The summed E-state index contributed by atoms with van der Waals surface area (Å²) in [4.78, 5) is 14.0. The highest BCUT2D eigenvalue weighted by Crippen LogP contribution is 2.17. The largest absolute Gasteiger partial charge is 0.381 e. The zero-order chi connectivity index (χ0) is 15.2. The second-order valence-electron chi connectivity index (χ2n) is 5.59. The van der Waals surface area contributed by atoms with Crippen molar-refractivity contribution < 1.29 is 18.3 Å². The molecule has 3 nitrogen and oxygen atoms in total. The van der Waals surface area contributed by atoms with Gasteiger partial charge in [-0.3, -0.25) is 4.79 Å². The first-order valence-electron chi connectivity index (χ1n) is 7.31. The van der Waals surface area contributed by atoms with Gasteiger partial charge in [0.15, 0.2) is 17.4 Å². The van der Waals surface area contributed by atoms with Crippen molar-refractivity contribution in [3.8, 4) is 0 Å². The Morgan fingerprint density at radius 3 is 2.76 bits per heavy atom. The van der Waals surface area contributed by atoms with E-state index >= 15 is 0 Å². The van der Waals surface area contributed by atoms with Gasteiger partial charge in [0.05, 0.1) is 5.56 Å². The van der Waals surface area contributed by atoms with Crippen molar-refractivity contribution in [3.63, 3.8) is 0 Å². The molecule has 1 aliphatic heterocycles. The van der Waals surface area contributed by atoms with Gasteiger partial charge in [0.1, 0.15) is 0 Å². The summed E-state index contributed by atoms with van der Waals surface area (Å²) in [5.74, 6) is -1.79. The molecule has 0 aliphatic carbocycles. The molecule has 1 saturated heterocycles. The summed E-state index contributed by atoms with van der Waals surface area (Å²) in [7, 11) is 1.95. The number of Topliss-reactive ketones (excluding diaryl/α,β-unsaturated/α-hetero) is 1. The molecule has 0 bridgehead atoms. The number of carbonyl (C=O) groups is 1. The number of ketones is 1. The van der Waals surface area contributed by atoms with Crippen LogP contribution in [-0.2, 0) is 4.74 Å². The lowest BCUT2D eigenvalue weighted by Gasteiger charge is -2.26. The molecule has 0 aromatic heterocycles.